The Morgan fingerprint density at radius 3 is 2.78 bits per heavy atom. The molecule has 3 rings (SSSR count). The highest BCUT2D eigenvalue weighted by atomic mass is 32.2. The molecule has 0 radical (unpaired) electrons. The fraction of sp³-hybridized carbons (Fsp3) is 0.214. The number of benzene rings is 1. The molecule has 2 N–H and O–H groups in total. The molecule has 2 heterocycles. The van der Waals surface area contributed by atoms with Crippen molar-refractivity contribution in [3.05, 3.63) is 35.5 Å². The van der Waals surface area contributed by atoms with Gasteiger partial charge in [0.1, 0.15) is 5.82 Å². The summed E-state index contributed by atoms with van der Waals surface area (Å²) in [6, 6.07) is 3.82. The molecule has 1 aromatic carbocycles. The zero-order chi connectivity index (χ0) is 16.6. The van der Waals surface area contributed by atoms with E-state index in [-0.39, 0.29) is 11.7 Å². The van der Waals surface area contributed by atoms with Crippen LogP contribution in [0.1, 0.15) is 5.69 Å². The number of halogens is 2. The highest BCUT2D eigenvalue weighted by Gasteiger charge is 2.12. The molecule has 6 nitrogen and oxygen atoms in total. The number of H-pyrrole nitrogens is 1. The molecule has 0 aliphatic carbocycles. The van der Waals surface area contributed by atoms with Crippen molar-refractivity contribution in [2.24, 2.45) is 7.05 Å². The summed E-state index contributed by atoms with van der Waals surface area (Å²) in [5.74, 6) is -1.42. The highest BCUT2D eigenvalue weighted by molar-refractivity contribution is 7.99. The zero-order valence-electron chi connectivity index (χ0n) is 12.4. The Kier molecular flexibility index (Phi) is 4.03. The van der Waals surface area contributed by atoms with Crippen LogP contribution in [-0.4, -0.2) is 31.4 Å². The summed E-state index contributed by atoms with van der Waals surface area (Å²) in [5, 5.41) is 7.28. The Labute approximate surface area is 134 Å². The van der Waals surface area contributed by atoms with E-state index in [1.54, 1.807) is 17.8 Å². The Bertz CT molecular complexity index is 850. The molecular formula is C14H13F2N5OS. The first kappa shape index (κ1) is 15.5. The maximum atomic E-state index is 13.2. The summed E-state index contributed by atoms with van der Waals surface area (Å²) in [5.41, 5.74) is 1.50. The lowest BCUT2D eigenvalue weighted by atomic mass is 10.3. The Hall–Kier alpha value is -2.42. The number of nitrogens with zero attached hydrogens (tertiary/aromatic N) is 3. The average Bonchev–Trinajstić information content (AvgIpc) is 3.00. The van der Waals surface area contributed by atoms with Crippen molar-refractivity contribution in [3.63, 3.8) is 0 Å². The van der Waals surface area contributed by atoms with Crippen LogP contribution in [-0.2, 0) is 11.8 Å². The zero-order valence-corrected chi connectivity index (χ0v) is 13.2. The minimum atomic E-state index is -0.954. The van der Waals surface area contributed by atoms with Crippen LogP contribution < -0.4 is 5.32 Å². The number of imidazole rings is 1. The van der Waals surface area contributed by atoms with Gasteiger partial charge in [-0.3, -0.25) is 9.48 Å². The number of thioether (sulfide) groups is 1. The molecule has 0 saturated heterocycles. The fourth-order valence-corrected chi connectivity index (χ4v) is 2.78. The third-order valence-corrected chi connectivity index (χ3v) is 3.98. The predicted octanol–water partition coefficient (Wildman–Crippen LogP) is 2.61. The SMILES string of the molecule is Cc1cc(NC(=O)CSc2nc3cc(F)c(F)cc3[nH]2)n(C)n1. The van der Waals surface area contributed by atoms with Crippen LogP contribution in [0.3, 0.4) is 0 Å². The number of nitrogens with one attached hydrogen (secondary N) is 2. The molecule has 0 fully saturated rings. The van der Waals surface area contributed by atoms with Crippen LogP contribution in [0.2, 0.25) is 0 Å². The van der Waals surface area contributed by atoms with Gasteiger partial charge in [0.25, 0.3) is 0 Å². The Morgan fingerprint density at radius 2 is 2.09 bits per heavy atom. The third-order valence-electron chi connectivity index (χ3n) is 3.11. The van der Waals surface area contributed by atoms with E-state index in [2.05, 4.69) is 20.4 Å². The number of anilines is 1. The molecule has 3 aromatic rings. The van der Waals surface area contributed by atoms with Gasteiger partial charge in [-0.25, -0.2) is 13.8 Å². The lowest BCUT2D eigenvalue weighted by Crippen LogP contribution is -2.16. The summed E-state index contributed by atoms with van der Waals surface area (Å²) < 4.78 is 27.9. The van der Waals surface area contributed by atoms with Crippen LogP contribution in [0.5, 0.6) is 0 Å². The number of aromatic amines is 1. The van der Waals surface area contributed by atoms with Crippen LogP contribution in [0, 0.1) is 18.6 Å². The van der Waals surface area contributed by atoms with Crippen molar-refractivity contribution < 1.29 is 13.6 Å². The lowest BCUT2D eigenvalue weighted by molar-refractivity contribution is -0.113. The molecule has 0 aliphatic rings. The van der Waals surface area contributed by atoms with Crippen molar-refractivity contribution in [2.75, 3.05) is 11.1 Å². The maximum absolute atomic E-state index is 13.2. The van der Waals surface area contributed by atoms with Crippen molar-refractivity contribution in [2.45, 2.75) is 12.1 Å². The molecule has 0 spiro atoms. The number of rotatable bonds is 4. The number of amides is 1. The first-order valence-corrected chi connectivity index (χ1v) is 7.69. The monoisotopic (exact) mass is 337 g/mol. The molecule has 23 heavy (non-hydrogen) atoms. The van der Waals surface area contributed by atoms with Crippen LogP contribution >= 0.6 is 11.8 Å². The van der Waals surface area contributed by atoms with Crippen LogP contribution in [0.15, 0.2) is 23.4 Å². The van der Waals surface area contributed by atoms with E-state index in [0.717, 1.165) is 29.6 Å². The van der Waals surface area contributed by atoms with Gasteiger partial charge in [-0.2, -0.15) is 5.10 Å². The largest absolute Gasteiger partial charge is 0.333 e. The molecule has 1 amide bonds. The number of hydrogen-bond acceptors (Lipinski definition) is 4. The van der Waals surface area contributed by atoms with Gasteiger partial charge in [-0.1, -0.05) is 11.8 Å². The predicted molar refractivity (Wildman–Crippen MR) is 83.3 cm³/mol. The van der Waals surface area contributed by atoms with Crippen molar-refractivity contribution >= 4 is 34.5 Å². The van der Waals surface area contributed by atoms with Gasteiger partial charge in [-0.05, 0) is 6.92 Å². The first-order chi connectivity index (χ1) is 10.9. The van der Waals surface area contributed by atoms with Crippen molar-refractivity contribution in [3.8, 4) is 0 Å². The van der Waals surface area contributed by atoms with E-state index in [1.807, 2.05) is 6.92 Å². The summed E-state index contributed by atoms with van der Waals surface area (Å²) in [7, 11) is 1.73. The summed E-state index contributed by atoms with van der Waals surface area (Å²) in [6.45, 7) is 1.83. The first-order valence-electron chi connectivity index (χ1n) is 6.70. The number of fused-ring (bicyclic) bond motifs is 1. The van der Waals surface area contributed by atoms with Gasteiger partial charge in [0.2, 0.25) is 5.91 Å². The van der Waals surface area contributed by atoms with Crippen molar-refractivity contribution in [1.29, 1.82) is 0 Å². The Balaban J connectivity index is 1.66. The molecule has 120 valence electrons. The van der Waals surface area contributed by atoms with Gasteiger partial charge in [-0.15, -0.1) is 0 Å². The highest BCUT2D eigenvalue weighted by Crippen LogP contribution is 2.22. The van der Waals surface area contributed by atoms with Gasteiger partial charge < -0.3 is 10.3 Å². The second-order valence-corrected chi connectivity index (χ2v) is 5.92. The minimum Gasteiger partial charge on any atom is -0.333 e. The Morgan fingerprint density at radius 1 is 1.35 bits per heavy atom. The van der Waals surface area contributed by atoms with Crippen molar-refractivity contribution in [1.82, 2.24) is 19.7 Å². The molecule has 2 aromatic heterocycles. The number of carbonyl (C=O) groups excluding carboxylic acids is 1. The molecule has 0 unspecified atom stereocenters. The summed E-state index contributed by atoms with van der Waals surface area (Å²) in [4.78, 5) is 18.9. The van der Waals surface area contributed by atoms with E-state index >= 15 is 0 Å². The normalized spacial score (nSPS) is 11.1. The number of hydrogen-bond donors (Lipinski definition) is 2. The topological polar surface area (TPSA) is 75.6 Å². The molecule has 9 heteroatoms. The van der Waals surface area contributed by atoms with Gasteiger partial charge in [0, 0.05) is 25.2 Å². The number of carbonyl (C=O) groups is 1. The molecule has 0 saturated carbocycles. The third kappa shape index (κ3) is 3.34. The van der Waals surface area contributed by atoms with E-state index in [9.17, 15) is 13.6 Å². The van der Waals surface area contributed by atoms with E-state index in [4.69, 9.17) is 0 Å². The van der Waals surface area contributed by atoms with Crippen LogP contribution in [0.25, 0.3) is 11.0 Å². The molecular weight excluding hydrogens is 324 g/mol. The fourth-order valence-electron chi connectivity index (χ4n) is 2.09. The quantitative estimate of drug-likeness (QED) is 0.718. The van der Waals surface area contributed by atoms with E-state index < -0.39 is 11.6 Å². The summed E-state index contributed by atoms with van der Waals surface area (Å²) in [6.07, 6.45) is 0. The van der Waals surface area contributed by atoms with E-state index in [1.165, 1.54) is 0 Å². The molecule has 0 bridgehead atoms. The number of aromatic nitrogens is 4. The second kappa shape index (κ2) is 5.99. The summed E-state index contributed by atoms with van der Waals surface area (Å²) >= 11 is 1.14. The average molecular weight is 337 g/mol. The number of aryl methyl sites for hydroxylation is 2. The van der Waals surface area contributed by atoms with Crippen LogP contribution in [0.4, 0.5) is 14.6 Å². The van der Waals surface area contributed by atoms with Gasteiger partial charge >= 0.3 is 0 Å². The standard InChI is InChI=1S/C14H13F2N5OS/c1-7-3-12(21(2)20-7)19-13(22)6-23-14-17-10-4-8(15)9(16)5-11(10)18-14/h3-5H,6H2,1-2H3,(H,17,18)(H,19,22). The van der Waals surface area contributed by atoms with Gasteiger partial charge in [0.05, 0.1) is 22.5 Å². The molecule has 0 atom stereocenters. The van der Waals surface area contributed by atoms with E-state index in [0.29, 0.717) is 22.0 Å². The second-order valence-electron chi connectivity index (χ2n) is 4.96. The lowest BCUT2D eigenvalue weighted by Gasteiger charge is -2.03. The maximum Gasteiger partial charge on any atom is 0.235 e. The molecule has 0 aliphatic heterocycles. The minimum absolute atomic E-state index is 0.106. The van der Waals surface area contributed by atoms with Gasteiger partial charge in [0.15, 0.2) is 16.8 Å². The smallest absolute Gasteiger partial charge is 0.235 e.